The first-order chi connectivity index (χ1) is 14.7. The van der Waals surface area contributed by atoms with Crippen LogP contribution >= 0.6 is 0 Å². The number of rotatable bonds is 1. The fourth-order valence-electron chi connectivity index (χ4n) is 3.53. The maximum atomic E-state index is 12.8. The molecule has 4 bridgehead atoms. The minimum Gasteiger partial charge on any atom is -0.456 e. The van der Waals surface area contributed by atoms with Crippen LogP contribution in [0.1, 0.15) is 23.7 Å². The highest BCUT2D eigenvalue weighted by Crippen LogP contribution is 2.35. The van der Waals surface area contributed by atoms with Gasteiger partial charge in [0.15, 0.2) is 0 Å². The molecule has 4 rings (SSSR count). The Morgan fingerprint density at radius 1 is 1.26 bits per heavy atom. The molecule has 2 aromatic carbocycles. The van der Waals surface area contributed by atoms with Crippen molar-refractivity contribution in [1.29, 1.82) is 5.26 Å². The van der Waals surface area contributed by atoms with Gasteiger partial charge in [-0.15, -0.1) is 0 Å². The van der Waals surface area contributed by atoms with Gasteiger partial charge in [-0.05, 0) is 36.8 Å². The van der Waals surface area contributed by atoms with Crippen LogP contribution in [0.15, 0.2) is 59.9 Å². The van der Waals surface area contributed by atoms with Gasteiger partial charge in [0.1, 0.15) is 23.1 Å². The van der Waals surface area contributed by atoms with E-state index in [-0.39, 0.29) is 22.0 Å². The van der Waals surface area contributed by atoms with Crippen molar-refractivity contribution < 1.29 is 17.9 Å². The molecule has 2 N–H and O–H groups in total. The second-order valence-electron chi connectivity index (χ2n) is 7.29. The molecule has 0 saturated heterocycles. The van der Waals surface area contributed by atoms with Crippen LogP contribution in [0.25, 0.3) is 0 Å². The monoisotopic (exact) mass is 437 g/mol. The molecule has 1 atom stereocenters. The van der Waals surface area contributed by atoms with Gasteiger partial charge in [0.05, 0.1) is 35.2 Å². The van der Waals surface area contributed by atoms with Gasteiger partial charge in [0, 0.05) is 13.1 Å². The average Bonchev–Trinajstić information content (AvgIpc) is 3.18. The van der Waals surface area contributed by atoms with E-state index in [1.807, 2.05) is 0 Å². The molecule has 1 unspecified atom stereocenters. The van der Waals surface area contributed by atoms with Crippen LogP contribution in [0.3, 0.4) is 0 Å². The number of nitrogens with one attached hydrogen (secondary N) is 2. The number of benzene rings is 2. The van der Waals surface area contributed by atoms with Crippen LogP contribution in [-0.4, -0.2) is 30.4 Å². The van der Waals surface area contributed by atoms with E-state index in [0.29, 0.717) is 11.3 Å². The van der Waals surface area contributed by atoms with E-state index in [0.717, 1.165) is 0 Å². The summed E-state index contributed by atoms with van der Waals surface area (Å²) in [6.07, 6.45) is 3.22. The fraction of sp³-hybridized carbons (Fsp3) is 0.190. The molecule has 0 aliphatic carbocycles. The summed E-state index contributed by atoms with van der Waals surface area (Å²) >= 11 is 0. The van der Waals surface area contributed by atoms with Crippen LogP contribution in [0.5, 0.6) is 11.5 Å². The molecule has 0 radical (unpaired) electrons. The Morgan fingerprint density at radius 2 is 2.06 bits per heavy atom. The summed E-state index contributed by atoms with van der Waals surface area (Å²) in [7, 11) is -2.17. The zero-order valence-electron chi connectivity index (χ0n) is 16.8. The van der Waals surface area contributed by atoms with Crippen molar-refractivity contribution in [2.45, 2.75) is 17.4 Å². The third-order valence-corrected chi connectivity index (χ3v) is 6.56. The number of amides is 1. The fourth-order valence-corrected chi connectivity index (χ4v) is 4.55. The lowest BCUT2D eigenvalue weighted by atomic mass is 9.87. The number of fused-ring (bicyclic) bond motifs is 4. The molecule has 1 aliphatic rings. The maximum Gasteiger partial charge on any atom is 0.241 e. The number of nitriles is 1. The normalized spacial score (nSPS) is 20.2. The molecule has 3 aromatic rings. The number of ether oxygens (including phenoxy) is 1. The summed E-state index contributed by atoms with van der Waals surface area (Å²) in [5.74, 6) is -0.0452. The molecule has 1 aromatic heterocycles. The molecule has 1 aliphatic heterocycles. The Morgan fingerprint density at radius 3 is 2.77 bits per heavy atom. The van der Waals surface area contributed by atoms with Crippen molar-refractivity contribution in [2.24, 2.45) is 7.05 Å². The van der Waals surface area contributed by atoms with Crippen LogP contribution < -0.4 is 14.8 Å². The van der Waals surface area contributed by atoms with E-state index in [1.165, 1.54) is 18.2 Å². The van der Waals surface area contributed by atoms with Crippen molar-refractivity contribution in [3.05, 3.63) is 71.8 Å². The topological polar surface area (TPSA) is 126 Å². The highest BCUT2D eigenvalue weighted by Gasteiger charge is 2.35. The number of imidazole rings is 1. The Bertz CT molecular complexity index is 1330. The summed E-state index contributed by atoms with van der Waals surface area (Å²) in [6, 6.07) is 12.9. The number of hydrogen-bond acceptors (Lipinski definition) is 6. The van der Waals surface area contributed by atoms with Gasteiger partial charge in [0.2, 0.25) is 15.9 Å². The standard InChI is InChI=1S/C21H19N5O4S/c1-21(19-11-23-13-26(19)2)15-7-6-14(10-22)18(8-15)30-16-4-3-5-17(9-16)31(28,29)24-12-20(27)25-21/h3-9,11,13,24H,12H2,1-2H3,(H,25,27). The molecule has 2 heterocycles. The van der Waals surface area contributed by atoms with Crippen molar-refractivity contribution in [1.82, 2.24) is 19.6 Å². The molecule has 0 saturated carbocycles. The Labute approximate surface area is 179 Å². The summed E-state index contributed by atoms with van der Waals surface area (Å²) in [5.41, 5.74) is 0.488. The molecule has 31 heavy (non-hydrogen) atoms. The third kappa shape index (κ3) is 3.76. The molecule has 158 valence electrons. The minimum atomic E-state index is -3.96. The molecule has 9 nitrogen and oxygen atoms in total. The Balaban J connectivity index is 1.95. The predicted molar refractivity (Wildman–Crippen MR) is 111 cm³/mol. The molecule has 1 amide bonds. The number of nitrogens with zero attached hydrogens (tertiary/aromatic N) is 3. The summed E-state index contributed by atoms with van der Waals surface area (Å²) in [5, 5.41) is 12.4. The van der Waals surface area contributed by atoms with Gasteiger partial charge >= 0.3 is 0 Å². The van der Waals surface area contributed by atoms with Crippen molar-refractivity contribution in [3.63, 3.8) is 0 Å². The summed E-state index contributed by atoms with van der Waals surface area (Å²) in [6.45, 7) is 1.32. The first kappa shape index (κ1) is 20.6. The average molecular weight is 437 g/mol. The predicted octanol–water partition coefficient (Wildman–Crippen LogP) is 1.76. The molecule has 10 heteroatoms. The number of sulfonamides is 1. The van der Waals surface area contributed by atoms with Crippen LogP contribution in [-0.2, 0) is 27.4 Å². The largest absolute Gasteiger partial charge is 0.456 e. The van der Waals surface area contributed by atoms with Gasteiger partial charge in [-0.2, -0.15) is 5.26 Å². The van der Waals surface area contributed by atoms with E-state index in [1.54, 1.807) is 55.3 Å². The molecular weight excluding hydrogens is 418 g/mol. The lowest BCUT2D eigenvalue weighted by Crippen LogP contribution is -2.49. The first-order valence-electron chi connectivity index (χ1n) is 9.33. The minimum absolute atomic E-state index is 0.0545. The zero-order chi connectivity index (χ0) is 22.2. The smallest absolute Gasteiger partial charge is 0.241 e. The van der Waals surface area contributed by atoms with E-state index in [9.17, 15) is 18.5 Å². The lowest BCUT2D eigenvalue weighted by Gasteiger charge is -2.32. The van der Waals surface area contributed by atoms with Gasteiger partial charge in [-0.3, -0.25) is 4.79 Å². The van der Waals surface area contributed by atoms with E-state index in [2.05, 4.69) is 21.1 Å². The van der Waals surface area contributed by atoms with E-state index < -0.39 is 28.0 Å². The van der Waals surface area contributed by atoms with Gasteiger partial charge in [-0.1, -0.05) is 12.1 Å². The quantitative estimate of drug-likeness (QED) is 0.597. The number of carbonyl (C=O) groups is 1. The maximum absolute atomic E-state index is 12.8. The molecular formula is C21H19N5O4S. The second kappa shape index (κ2) is 7.54. The molecule has 0 spiro atoms. The summed E-state index contributed by atoms with van der Waals surface area (Å²) in [4.78, 5) is 16.9. The zero-order valence-corrected chi connectivity index (χ0v) is 17.6. The van der Waals surface area contributed by atoms with Gasteiger partial charge in [-0.25, -0.2) is 18.1 Å². The highest BCUT2D eigenvalue weighted by atomic mass is 32.2. The third-order valence-electron chi connectivity index (χ3n) is 5.16. The van der Waals surface area contributed by atoms with E-state index in [4.69, 9.17) is 4.74 Å². The molecule has 0 fully saturated rings. The van der Waals surface area contributed by atoms with Gasteiger partial charge < -0.3 is 14.6 Å². The first-order valence-corrected chi connectivity index (χ1v) is 10.8. The Hall–Kier alpha value is -3.68. The van der Waals surface area contributed by atoms with Crippen LogP contribution in [0, 0.1) is 11.3 Å². The van der Waals surface area contributed by atoms with E-state index >= 15 is 0 Å². The Kier molecular flexibility index (Phi) is 5.00. The SMILES string of the molecule is Cn1cncc1C1(C)NC(=O)CNS(=O)(=O)c2cccc(c2)Oc2cc1ccc2C#N. The number of aromatic nitrogens is 2. The highest BCUT2D eigenvalue weighted by molar-refractivity contribution is 7.89. The number of aryl methyl sites for hydroxylation is 1. The lowest BCUT2D eigenvalue weighted by molar-refractivity contribution is -0.121. The van der Waals surface area contributed by atoms with Gasteiger partial charge in [0.25, 0.3) is 0 Å². The van der Waals surface area contributed by atoms with Crippen LogP contribution in [0.4, 0.5) is 0 Å². The summed E-state index contributed by atoms with van der Waals surface area (Å²) < 4.78 is 35.3. The van der Waals surface area contributed by atoms with Crippen molar-refractivity contribution >= 4 is 15.9 Å². The number of carbonyl (C=O) groups excluding carboxylic acids is 1. The number of hydrogen-bond donors (Lipinski definition) is 2. The second-order valence-corrected chi connectivity index (χ2v) is 9.05. The van der Waals surface area contributed by atoms with Crippen molar-refractivity contribution in [2.75, 3.05) is 6.54 Å². The van der Waals surface area contributed by atoms with Crippen molar-refractivity contribution in [3.8, 4) is 17.6 Å². The van der Waals surface area contributed by atoms with Crippen LogP contribution in [0.2, 0.25) is 0 Å².